The molecule has 0 unspecified atom stereocenters. The molecule has 4 heterocycles. The minimum absolute atomic E-state index is 0.0127. The lowest BCUT2D eigenvalue weighted by atomic mass is 9.89. The number of aromatic amines is 1. The molecule has 1 saturated heterocycles. The van der Waals surface area contributed by atoms with Crippen LogP contribution in [-0.4, -0.2) is 52.4 Å². The van der Waals surface area contributed by atoms with Gasteiger partial charge in [-0.15, -0.1) is 0 Å². The number of hydrogen-bond acceptors (Lipinski definition) is 4. The van der Waals surface area contributed by atoms with Crippen molar-refractivity contribution in [3.05, 3.63) is 59.3 Å². The Morgan fingerprint density at radius 3 is 2.64 bits per heavy atom. The first-order valence-corrected chi connectivity index (χ1v) is 11.8. The number of piperazine rings is 1. The van der Waals surface area contributed by atoms with Crippen molar-refractivity contribution in [2.45, 2.75) is 37.9 Å². The molecule has 0 radical (unpaired) electrons. The van der Waals surface area contributed by atoms with Crippen molar-refractivity contribution in [2.75, 3.05) is 19.8 Å². The van der Waals surface area contributed by atoms with Crippen molar-refractivity contribution in [2.24, 2.45) is 5.92 Å². The zero-order valence-electron chi connectivity index (χ0n) is 18.3. The van der Waals surface area contributed by atoms with E-state index in [2.05, 4.69) is 11.1 Å². The lowest BCUT2D eigenvalue weighted by molar-refractivity contribution is -0.164. The summed E-state index contributed by atoms with van der Waals surface area (Å²) in [5, 5.41) is 1.15. The Labute approximate surface area is 191 Å². The molecule has 0 bridgehead atoms. The van der Waals surface area contributed by atoms with Gasteiger partial charge in [0.1, 0.15) is 25.3 Å². The summed E-state index contributed by atoms with van der Waals surface area (Å²) in [5.41, 5.74) is 4.04. The second-order valence-electron chi connectivity index (χ2n) is 9.55. The van der Waals surface area contributed by atoms with Gasteiger partial charge in [-0.05, 0) is 48.1 Å². The van der Waals surface area contributed by atoms with Crippen LogP contribution in [0, 0.1) is 5.92 Å². The van der Waals surface area contributed by atoms with Crippen LogP contribution in [0.2, 0.25) is 0 Å². The van der Waals surface area contributed by atoms with Crippen LogP contribution in [-0.2, 0) is 22.6 Å². The number of H-pyrrole nitrogens is 1. The van der Waals surface area contributed by atoms with Crippen LogP contribution < -0.4 is 9.47 Å². The number of fused-ring (bicyclic) bond motifs is 5. The number of nitrogens with zero attached hydrogens (tertiary/aromatic N) is 2. The maximum Gasteiger partial charge on any atom is 0.251 e. The molecular weight excluding hydrogens is 418 g/mol. The minimum Gasteiger partial charge on any atom is -0.486 e. The summed E-state index contributed by atoms with van der Waals surface area (Å²) in [7, 11) is 0. The van der Waals surface area contributed by atoms with E-state index in [9.17, 15) is 9.59 Å². The number of carbonyl (C=O) groups is 2. The number of carbonyl (C=O) groups excluding carboxylic acids is 2. The van der Waals surface area contributed by atoms with Crippen molar-refractivity contribution in [1.82, 2.24) is 14.8 Å². The van der Waals surface area contributed by atoms with Crippen molar-refractivity contribution >= 4 is 22.7 Å². The van der Waals surface area contributed by atoms with Crippen molar-refractivity contribution in [3.8, 4) is 11.5 Å². The van der Waals surface area contributed by atoms with Gasteiger partial charge in [0.15, 0.2) is 11.5 Å². The van der Waals surface area contributed by atoms with E-state index in [1.165, 1.54) is 0 Å². The van der Waals surface area contributed by atoms with E-state index in [4.69, 9.17) is 9.47 Å². The number of ether oxygens (including phenoxy) is 2. The summed E-state index contributed by atoms with van der Waals surface area (Å²) < 4.78 is 11.4. The van der Waals surface area contributed by atoms with Gasteiger partial charge < -0.3 is 24.3 Å². The first-order valence-electron chi connectivity index (χ1n) is 11.8. The summed E-state index contributed by atoms with van der Waals surface area (Å²) in [6.07, 6.45) is 2.79. The number of benzene rings is 2. The zero-order valence-corrected chi connectivity index (χ0v) is 18.3. The van der Waals surface area contributed by atoms with Crippen molar-refractivity contribution in [3.63, 3.8) is 0 Å². The van der Waals surface area contributed by atoms with E-state index in [1.807, 2.05) is 41.3 Å². The number of rotatable bonds is 3. The molecule has 2 aromatic carbocycles. The molecule has 7 rings (SSSR count). The number of nitrogens with one attached hydrogen (secondary N) is 1. The SMILES string of the molecule is O=C1[C@@H]2Cc3c([nH]c4ccccc34)CN2C(=O)[C@H](c2ccc3c(c2)OCCO3)N1CC1CC1. The van der Waals surface area contributed by atoms with Crippen LogP contribution in [0.1, 0.15) is 35.7 Å². The smallest absolute Gasteiger partial charge is 0.251 e. The molecule has 2 fully saturated rings. The lowest BCUT2D eigenvalue weighted by Crippen LogP contribution is -2.62. The van der Waals surface area contributed by atoms with Gasteiger partial charge in [-0.25, -0.2) is 0 Å². The van der Waals surface area contributed by atoms with Crippen LogP contribution in [0.15, 0.2) is 42.5 Å². The maximum absolute atomic E-state index is 14.0. The predicted octanol–water partition coefficient (Wildman–Crippen LogP) is 3.19. The normalized spacial score (nSPS) is 24.1. The second kappa shape index (κ2) is 7.01. The zero-order chi connectivity index (χ0) is 22.1. The number of aromatic nitrogens is 1. The van der Waals surface area contributed by atoms with Gasteiger partial charge in [-0.3, -0.25) is 9.59 Å². The fourth-order valence-corrected chi connectivity index (χ4v) is 5.60. The van der Waals surface area contributed by atoms with Gasteiger partial charge in [0.2, 0.25) is 5.91 Å². The van der Waals surface area contributed by atoms with Gasteiger partial charge in [-0.1, -0.05) is 24.3 Å². The highest BCUT2D eigenvalue weighted by Crippen LogP contribution is 2.42. The monoisotopic (exact) mass is 443 g/mol. The highest BCUT2D eigenvalue weighted by Gasteiger charge is 2.50. The second-order valence-corrected chi connectivity index (χ2v) is 9.55. The van der Waals surface area contributed by atoms with E-state index in [-0.39, 0.29) is 11.8 Å². The maximum atomic E-state index is 14.0. The van der Waals surface area contributed by atoms with E-state index in [1.54, 1.807) is 4.90 Å². The van der Waals surface area contributed by atoms with Crippen molar-refractivity contribution in [1.29, 1.82) is 0 Å². The Balaban J connectivity index is 1.30. The topological polar surface area (TPSA) is 74.9 Å². The fourth-order valence-electron chi connectivity index (χ4n) is 5.60. The Hall–Kier alpha value is -3.48. The average Bonchev–Trinajstić information content (AvgIpc) is 3.59. The molecule has 7 nitrogen and oxygen atoms in total. The lowest BCUT2D eigenvalue weighted by Gasteiger charge is -2.47. The van der Waals surface area contributed by atoms with Crippen LogP contribution in [0.4, 0.5) is 0 Å². The van der Waals surface area contributed by atoms with Gasteiger partial charge in [0.05, 0.1) is 6.54 Å². The van der Waals surface area contributed by atoms with Crippen LogP contribution >= 0.6 is 0 Å². The Morgan fingerprint density at radius 2 is 1.79 bits per heavy atom. The molecule has 0 spiro atoms. The molecule has 2 amide bonds. The first kappa shape index (κ1) is 19.0. The van der Waals surface area contributed by atoms with Crippen LogP contribution in [0.5, 0.6) is 11.5 Å². The highest BCUT2D eigenvalue weighted by atomic mass is 16.6. The molecule has 1 aliphatic carbocycles. The summed E-state index contributed by atoms with van der Waals surface area (Å²) in [4.78, 5) is 34.9. The van der Waals surface area contributed by atoms with E-state index in [0.29, 0.717) is 50.1 Å². The summed E-state index contributed by atoms with van der Waals surface area (Å²) in [5.74, 6) is 1.86. The minimum atomic E-state index is -0.629. The third-order valence-electron chi connectivity index (χ3n) is 7.43. The van der Waals surface area contributed by atoms with Crippen LogP contribution in [0.25, 0.3) is 10.9 Å². The van der Waals surface area contributed by atoms with Crippen LogP contribution in [0.3, 0.4) is 0 Å². The molecule has 1 saturated carbocycles. The Bertz CT molecular complexity index is 1290. The standard InChI is InChI=1S/C26H25N3O4/c30-25-21-12-18-17-3-1-2-4-19(17)27-20(18)14-28(21)26(31)24(29(25)13-15-5-6-15)16-7-8-22-23(11-16)33-10-9-32-22/h1-4,7-8,11,15,21,24,27H,5-6,9-10,12-14H2/t21-,24-/m0/s1. The molecule has 3 aromatic rings. The third-order valence-corrected chi connectivity index (χ3v) is 7.43. The summed E-state index contributed by atoms with van der Waals surface area (Å²) in [6, 6.07) is 12.7. The molecule has 2 atom stereocenters. The molecule has 1 N–H and O–H groups in total. The number of amides is 2. The van der Waals surface area contributed by atoms with Gasteiger partial charge >= 0.3 is 0 Å². The van der Waals surface area contributed by atoms with E-state index < -0.39 is 12.1 Å². The third kappa shape index (κ3) is 2.95. The average molecular weight is 444 g/mol. The molecule has 3 aliphatic heterocycles. The largest absolute Gasteiger partial charge is 0.486 e. The van der Waals surface area contributed by atoms with E-state index >= 15 is 0 Å². The Morgan fingerprint density at radius 1 is 0.970 bits per heavy atom. The fraction of sp³-hybridized carbons (Fsp3) is 0.385. The molecule has 33 heavy (non-hydrogen) atoms. The number of hydrogen-bond donors (Lipinski definition) is 1. The van der Waals surface area contributed by atoms with Gasteiger partial charge in [0.25, 0.3) is 5.91 Å². The number of para-hydroxylation sites is 1. The van der Waals surface area contributed by atoms with Gasteiger partial charge in [-0.2, -0.15) is 0 Å². The van der Waals surface area contributed by atoms with E-state index in [0.717, 1.165) is 40.6 Å². The molecule has 4 aliphatic rings. The van der Waals surface area contributed by atoms with Crippen molar-refractivity contribution < 1.29 is 19.1 Å². The predicted molar refractivity (Wildman–Crippen MR) is 121 cm³/mol. The molecular formula is C26H25N3O4. The Kier molecular flexibility index (Phi) is 4.04. The summed E-state index contributed by atoms with van der Waals surface area (Å²) >= 11 is 0. The molecule has 168 valence electrons. The quantitative estimate of drug-likeness (QED) is 0.675. The van der Waals surface area contributed by atoms with Gasteiger partial charge in [0, 0.05) is 29.6 Å². The molecule has 7 heteroatoms. The molecule has 1 aromatic heterocycles. The summed E-state index contributed by atoms with van der Waals surface area (Å²) in [6.45, 7) is 2.06. The highest BCUT2D eigenvalue weighted by molar-refractivity contribution is 5.99. The first-order chi connectivity index (χ1) is 16.2.